The molecule has 17 heavy (non-hydrogen) atoms. The number of likely N-dealkylation sites (tertiary alicyclic amines) is 1. The second-order valence-electron chi connectivity index (χ2n) is 5.58. The Morgan fingerprint density at radius 2 is 1.94 bits per heavy atom. The van der Waals surface area contributed by atoms with Gasteiger partial charge in [-0.05, 0) is 31.0 Å². The van der Waals surface area contributed by atoms with Crippen LogP contribution in [0.15, 0.2) is 24.3 Å². The lowest BCUT2D eigenvalue weighted by Gasteiger charge is -2.47. The van der Waals surface area contributed by atoms with Crippen LogP contribution in [0.5, 0.6) is 0 Å². The summed E-state index contributed by atoms with van der Waals surface area (Å²) in [7, 11) is 2.20. The van der Waals surface area contributed by atoms with Crippen molar-refractivity contribution in [2.24, 2.45) is 0 Å². The lowest BCUT2D eigenvalue weighted by Crippen LogP contribution is -2.49. The SMILES string of the molecule is CC1c2ccccc2COC12CCN(C)CC2. The quantitative estimate of drug-likeness (QED) is 0.681. The molecule has 1 saturated heterocycles. The second-order valence-corrected chi connectivity index (χ2v) is 5.58. The number of hydrogen-bond donors (Lipinski definition) is 0. The third-order valence-corrected chi connectivity index (χ3v) is 4.66. The molecule has 0 bridgehead atoms. The van der Waals surface area contributed by atoms with Crippen LogP contribution in [0.4, 0.5) is 0 Å². The van der Waals surface area contributed by atoms with E-state index in [0.717, 1.165) is 19.7 Å². The predicted molar refractivity (Wildman–Crippen MR) is 69.1 cm³/mol. The third-order valence-electron chi connectivity index (χ3n) is 4.66. The summed E-state index contributed by atoms with van der Waals surface area (Å²) in [5.74, 6) is 0.529. The van der Waals surface area contributed by atoms with Gasteiger partial charge in [-0.1, -0.05) is 31.2 Å². The summed E-state index contributed by atoms with van der Waals surface area (Å²) in [5.41, 5.74) is 2.98. The Morgan fingerprint density at radius 1 is 1.24 bits per heavy atom. The highest BCUT2D eigenvalue weighted by atomic mass is 16.5. The monoisotopic (exact) mass is 231 g/mol. The Bertz CT molecular complexity index is 407. The predicted octanol–water partition coefficient (Wildman–Crippen LogP) is 2.78. The zero-order valence-electron chi connectivity index (χ0n) is 10.8. The summed E-state index contributed by atoms with van der Waals surface area (Å²) in [6.45, 7) is 5.45. The first-order valence-electron chi connectivity index (χ1n) is 6.62. The molecule has 2 aliphatic rings. The lowest BCUT2D eigenvalue weighted by molar-refractivity contribution is -0.115. The molecule has 1 unspecified atom stereocenters. The number of fused-ring (bicyclic) bond motifs is 1. The van der Waals surface area contributed by atoms with Crippen molar-refractivity contribution in [1.29, 1.82) is 0 Å². The van der Waals surface area contributed by atoms with Crippen LogP contribution < -0.4 is 0 Å². The van der Waals surface area contributed by atoms with Gasteiger partial charge in [0, 0.05) is 19.0 Å². The van der Waals surface area contributed by atoms with Gasteiger partial charge < -0.3 is 9.64 Å². The fraction of sp³-hybridized carbons (Fsp3) is 0.600. The molecule has 0 radical (unpaired) electrons. The van der Waals surface area contributed by atoms with E-state index in [0.29, 0.717) is 5.92 Å². The van der Waals surface area contributed by atoms with Gasteiger partial charge in [-0.3, -0.25) is 0 Å². The molecule has 2 aliphatic heterocycles. The summed E-state index contributed by atoms with van der Waals surface area (Å²) in [6.07, 6.45) is 2.33. The van der Waals surface area contributed by atoms with Gasteiger partial charge in [-0.2, -0.15) is 0 Å². The molecule has 1 atom stereocenters. The minimum Gasteiger partial charge on any atom is -0.370 e. The molecule has 0 aliphatic carbocycles. The highest BCUT2D eigenvalue weighted by Crippen LogP contribution is 2.44. The van der Waals surface area contributed by atoms with Gasteiger partial charge in [0.05, 0.1) is 12.2 Å². The van der Waals surface area contributed by atoms with Crippen LogP contribution in [-0.2, 0) is 11.3 Å². The molecule has 2 heteroatoms. The van der Waals surface area contributed by atoms with Crippen molar-refractivity contribution in [1.82, 2.24) is 4.90 Å². The van der Waals surface area contributed by atoms with E-state index >= 15 is 0 Å². The van der Waals surface area contributed by atoms with Crippen molar-refractivity contribution in [3.63, 3.8) is 0 Å². The van der Waals surface area contributed by atoms with E-state index in [4.69, 9.17) is 4.74 Å². The molecule has 0 aromatic heterocycles. The molecule has 0 N–H and O–H groups in total. The molecule has 1 fully saturated rings. The van der Waals surface area contributed by atoms with E-state index in [9.17, 15) is 0 Å². The van der Waals surface area contributed by atoms with Crippen LogP contribution in [0.3, 0.4) is 0 Å². The summed E-state index contributed by atoms with van der Waals surface area (Å²) in [4.78, 5) is 2.40. The first-order valence-corrected chi connectivity index (χ1v) is 6.62. The minimum atomic E-state index is 0.0981. The first-order chi connectivity index (χ1) is 8.21. The maximum Gasteiger partial charge on any atom is 0.0777 e. The molecule has 1 aromatic carbocycles. The Hall–Kier alpha value is -0.860. The van der Waals surface area contributed by atoms with E-state index in [1.54, 1.807) is 0 Å². The number of benzene rings is 1. The van der Waals surface area contributed by atoms with Crippen molar-refractivity contribution >= 4 is 0 Å². The van der Waals surface area contributed by atoms with Crippen molar-refractivity contribution in [2.75, 3.05) is 20.1 Å². The van der Waals surface area contributed by atoms with Crippen LogP contribution in [0.2, 0.25) is 0 Å². The van der Waals surface area contributed by atoms with Gasteiger partial charge in [0.2, 0.25) is 0 Å². The van der Waals surface area contributed by atoms with Gasteiger partial charge in [-0.25, -0.2) is 0 Å². The lowest BCUT2D eigenvalue weighted by atomic mass is 9.74. The summed E-state index contributed by atoms with van der Waals surface area (Å²) >= 11 is 0. The largest absolute Gasteiger partial charge is 0.370 e. The Morgan fingerprint density at radius 3 is 2.71 bits per heavy atom. The van der Waals surface area contributed by atoms with E-state index in [-0.39, 0.29) is 5.60 Å². The Labute approximate surface area is 104 Å². The van der Waals surface area contributed by atoms with E-state index < -0.39 is 0 Å². The molecule has 1 aromatic rings. The van der Waals surface area contributed by atoms with E-state index in [2.05, 4.69) is 43.1 Å². The molecule has 2 nitrogen and oxygen atoms in total. The first kappa shape index (κ1) is 11.2. The van der Waals surface area contributed by atoms with Crippen molar-refractivity contribution in [3.8, 4) is 0 Å². The standard InChI is InChI=1S/C15H21NO/c1-12-14-6-4-3-5-13(14)11-17-15(12)7-9-16(2)10-8-15/h3-6,12H,7-11H2,1-2H3. The molecular weight excluding hydrogens is 210 g/mol. The van der Waals surface area contributed by atoms with Crippen LogP contribution in [0.1, 0.15) is 36.8 Å². The average molecular weight is 231 g/mol. The summed E-state index contributed by atoms with van der Waals surface area (Å²) in [5, 5.41) is 0. The third kappa shape index (κ3) is 1.80. The van der Waals surface area contributed by atoms with Gasteiger partial charge in [0.1, 0.15) is 0 Å². The number of piperidine rings is 1. The van der Waals surface area contributed by atoms with Gasteiger partial charge in [-0.15, -0.1) is 0 Å². The topological polar surface area (TPSA) is 12.5 Å². The molecule has 3 rings (SSSR count). The maximum absolute atomic E-state index is 6.27. The summed E-state index contributed by atoms with van der Waals surface area (Å²) in [6, 6.07) is 8.75. The molecule has 1 spiro atoms. The Balaban J connectivity index is 1.91. The van der Waals surface area contributed by atoms with Crippen molar-refractivity contribution in [2.45, 2.75) is 37.9 Å². The smallest absolute Gasteiger partial charge is 0.0777 e. The van der Waals surface area contributed by atoms with Crippen LogP contribution in [-0.4, -0.2) is 30.6 Å². The molecule has 92 valence electrons. The highest BCUT2D eigenvalue weighted by molar-refractivity contribution is 5.34. The van der Waals surface area contributed by atoms with Crippen molar-refractivity contribution in [3.05, 3.63) is 35.4 Å². The zero-order chi connectivity index (χ0) is 11.9. The molecule has 0 saturated carbocycles. The zero-order valence-corrected chi connectivity index (χ0v) is 10.8. The van der Waals surface area contributed by atoms with E-state index in [1.165, 1.54) is 24.0 Å². The van der Waals surface area contributed by atoms with Gasteiger partial charge in [0.25, 0.3) is 0 Å². The molecule has 0 amide bonds. The number of rotatable bonds is 0. The van der Waals surface area contributed by atoms with Crippen LogP contribution in [0, 0.1) is 0 Å². The number of nitrogens with zero attached hydrogens (tertiary/aromatic N) is 1. The Kier molecular flexibility index (Phi) is 2.72. The van der Waals surface area contributed by atoms with E-state index in [1.807, 2.05) is 0 Å². The number of hydrogen-bond acceptors (Lipinski definition) is 2. The molecular formula is C15H21NO. The van der Waals surface area contributed by atoms with Crippen LogP contribution in [0.25, 0.3) is 0 Å². The minimum absolute atomic E-state index is 0.0981. The van der Waals surface area contributed by atoms with Gasteiger partial charge >= 0.3 is 0 Å². The second kappa shape index (κ2) is 4.11. The normalized spacial score (nSPS) is 28.0. The van der Waals surface area contributed by atoms with Crippen molar-refractivity contribution < 1.29 is 4.74 Å². The fourth-order valence-corrected chi connectivity index (χ4v) is 3.29. The average Bonchev–Trinajstić information content (AvgIpc) is 2.38. The molecule has 2 heterocycles. The number of ether oxygens (including phenoxy) is 1. The highest BCUT2D eigenvalue weighted by Gasteiger charge is 2.43. The summed E-state index contributed by atoms with van der Waals surface area (Å²) < 4.78 is 6.27. The van der Waals surface area contributed by atoms with Gasteiger partial charge in [0.15, 0.2) is 0 Å². The van der Waals surface area contributed by atoms with Crippen LogP contribution >= 0.6 is 0 Å². The fourth-order valence-electron chi connectivity index (χ4n) is 3.29. The maximum atomic E-state index is 6.27.